The SMILES string of the molecule is NC(=S)c1ccc(S(=O)(=O)NCc2ccccc2Cl)cn1. The van der Waals surface area contributed by atoms with Crippen LogP contribution in [-0.4, -0.2) is 18.4 Å². The molecule has 0 aliphatic carbocycles. The average Bonchev–Trinajstić information content (AvgIpc) is 2.46. The Morgan fingerprint density at radius 3 is 2.57 bits per heavy atom. The van der Waals surface area contributed by atoms with Gasteiger partial charge in [-0.3, -0.25) is 4.98 Å². The topological polar surface area (TPSA) is 85.1 Å². The molecule has 21 heavy (non-hydrogen) atoms. The van der Waals surface area contributed by atoms with Gasteiger partial charge in [-0.1, -0.05) is 42.0 Å². The molecule has 0 bridgehead atoms. The summed E-state index contributed by atoms with van der Waals surface area (Å²) in [5.74, 6) is 0. The molecule has 2 aromatic rings. The first kappa shape index (κ1) is 15.8. The lowest BCUT2D eigenvalue weighted by Gasteiger charge is -2.08. The number of thiocarbonyl (C=S) groups is 1. The Hall–Kier alpha value is -1.54. The van der Waals surface area contributed by atoms with Gasteiger partial charge < -0.3 is 5.73 Å². The highest BCUT2D eigenvalue weighted by Crippen LogP contribution is 2.16. The fourth-order valence-electron chi connectivity index (χ4n) is 1.58. The molecule has 0 saturated heterocycles. The van der Waals surface area contributed by atoms with E-state index in [2.05, 4.69) is 9.71 Å². The van der Waals surface area contributed by atoms with E-state index in [1.807, 2.05) is 0 Å². The second kappa shape index (κ2) is 6.48. The third kappa shape index (κ3) is 3.98. The van der Waals surface area contributed by atoms with Crippen molar-refractivity contribution in [3.8, 4) is 0 Å². The number of benzene rings is 1. The number of halogens is 1. The zero-order chi connectivity index (χ0) is 15.5. The van der Waals surface area contributed by atoms with Gasteiger partial charge in [0.1, 0.15) is 9.88 Å². The molecule has 0 spiro atoms. The van der Waals surface area contributed by atoms with Crippen molar-refractivity contribution in [2.45, 2.75) is 11.4 Å². The van der Waals surface area contributed by atoms with Gasteiger partial charge in [0.05, 0.1) is 5.69 Å². The first-order chi connectivity index (χ1) is 9.90. The lowest BCUT2D eigenvalue weighted by molar-refractivity contribution is 0.581. The number of nitrogens with two attached hydrogens (primary N) is 1. The first-order valence-electron chi connectivity index (χ1n) is 5.89. The second-order valence-corrected chi connectivity index (χ2v) is 6.77. The number of nitrogens with zero attached hydrogens (tertiary/aromatic N) is 1. The van der Waals surface area contributed by atoms with Gasteiger partial charge in [0.25, 0.3) is 0 Å². The minimum absolute atomic E-state index is 0.0366. The summed E-state index contributed by atoms with van der Waals surface area (Å²) in [6, 6.07) is 9.87. The molecule has 1 aromatic carbocycles. The van der Waals surface area contributed by atoms with Crippen LogP contribution in [-0.2, 0) is 16.6 Å². The molecule has 0 aliphatic rings. The van der Waals surface area contributed by atoms with E-state index in [0.29, 0.717) is 16.3 Å². The number of nitrogens with one attached hydrogen (secondary N) is 1. The Morgan fingerprint density at radius 1 is 1.29 bits per heavy atom. The normalized spacial score (nSPS) is 11.3. The fraction of sp³-hybridized carbons (Fsp3) is 0.0769. The Morgan fingerprint density at radius 2 is 2.00 bits per heavy atom. The molecule has 0 amide bonds. The summed E-state index contributed by atoms with van der Waals surface area (Å²) in [5, 5.41) is 0.502. The van der Waals surface area contributed by atoms with E-state index in [4.69, 9.17) is 29.6 Å². The van der Waals surface area contributed by atoms with Gasteiger partial charge in [0.2, 0.25) is 10.0 Å². The molecular formula is C13H12ClN3O2S2. The predicted molar refractivity (Wildman–Crippen MR) is 85.6 cm³/mol. The van der Waals surface area contributed by atoms with Crippen molar-refractivity contribution < 1.29 is 8.42 Å². The number of aromatic nitrogens is 1. The van der Waals surface area contributed by atoms with Crippen LogP contribution in [0, 0.1) is 0 Å². The number of hydrogen-bond acceptors (Lipinski definition) is 4. The van der Waals surface area contributed by atoms with Crippen LogP contribution < -0.4 is 10.5 Å². The smallest absolute Gasteiger partial charge is 0.242 e. The highest BCUT2D eigenvalue weighted by molar-refractivity contribution is 7.89. The summed E-state index contributed by atoms with van der Waals surface area (Å²) in [6.07, 6.45) is 1.21. The third-order valence-electron chi connectivity index (χ3n) is 2.71. The zero-order valence-electron chi connectivity index (χ0n) is 10.8. The van der Waals surface area contributed by atoms with Crippen molar-refractivity contribution >= 4 is 38.8 Å². The molecular weight excluding hydrogens is 330 g/mol. The summed E-state index contributed by atoms with van der Waals surface area (Å²) in [7, 11) is -3.67. The van der Waals surface area contributed by atoms with Gasteiger partial charge in [-0.25, -0.2) is 13.1 Å². The molecule has 0 unspecified atom stereocenters. The molecule has 1 aromatic heterocycles. The molecule has 2 rings (SSSR count). The summed E-state index contributed by atoms with van der Waals surface area (Å²) < 4.78 is 26.7. The Labute approximate surface area is 133 Å². The number of sulfonamides is 1. The molecule has 1 heterocycles. The van der Waals surface area contributed by atoms with E-state index in [0.717, 1.165) is 0 Å². The fourth-order valence-corrected chi connectivity index (χ4v) is 2.86. The molecule has 110 valence electrons. The standard InChI is InChI=1S/C13H12ClN3O2S2/c14-11-4-2-1-3-9(11)7-17-21(18,19)10-5-6-12(13(15)20)16-8-10/h1-6,8,17H,7H2,(H2,15,20). The predicted octanol–water partition coefficient (Wildman–Crippen LogP) is 1.85. The minimum Gasteiger partial charge on any atom is -0.388 e. The minimum atomic E-state index is -3.67. The Kier molecular flexibility index (Phi) is 4.89. The summed E-state index contributed by atoms with van der Waals surface area (Å²) in [4.78, 5) is 4.06. The number of hydrogen-bond donors (Lipinski definition) is 2. The van der Waals surface area contributed by atoms with Crippen LogP contribution >= 0.6 is 23.8 Å². The van der Waals surface area contributed by atoms with Crippen molar-refractivity contribution in [3.05, 3.63) is 58.9 Å². The quantitative estimate of drug-likeness (QED) is 0.811. The summed E-state index contributed by atoms with van der Waals surface area (Å²) in [5.41, 5.74) is 6.47. The van der Waals surface area contributed by atoms with Crippen molar-refractivity contribution in [2.75, 3.05) is 0 Å². The molecule has 0 atom stereocenters. The lowest BCUT2D eigenvalue weighted by Crippen LogP contribution is -2.24. The molecule has 5 nitrogen and oxygen atoms in total. The molecule has 8 heteroatoms. The largest absolute Gasteiger partial charge is 0.388 e. The molecule has 0 fully saturated rings. The van der Waals surface area contributed by atoms with Crippen LogP contribution in [0.4, 0.5) is 0 Å². The van der Waals surface area contributed by atoms with E-state index in [9.17, 15) is 8.42 Å². The maximum atomic E-state index is 12.1. The number of rotatable bonds is 5. The summed E-state index contributed by atoms with van der Waals surface area (Å²) >= 11 is 10.7. The van der Waals surface area contributed by atoms with Crippen LogP contribution in [0.3, 0.4) is 0 Å². The van der Waals surface area contributed by atoms with E-state index >= 15 is 0 Å². The molecule has 0 saturated carbocycles. The average molecular weight is 342 g/mol. The monoisotopic (exact) mass is 341 g/mol. The van der Waals surface area contributed by atoms with Crippen LogP contribution in [0.25, 0.3) is 0 Å². The number of pyridine rings is 1. The first-order valence-corrected chi connectivity index (χ1v) is 8.16. The highest BCUT2D eigenvalue weighted by Gasteiger charge is 2.15. The van der Waals surface area contributed by atoms with Gasteiger partial charge >= 0.3 is 0 Å². The molecule has 0 radical (unpaired) electrons. The van der Waals surface area contributed by atoms with Crippen LogP contribution in [0.5, 0.6) is 0 Å². The van der Waals surface area contributed by atoms with Gasteiger partial charge in [-0.05, 0) is 23.8 Å². The Balaban J connectivity index is 2.15. The van der Waals surface area contributed by atoms with Gasteiger partial charge in [-0.15, -0.1) is 0 Å². The maximum Gasteiger partial charge on any atom is 0.242 e. The zero-order valence-corrected chi connectivity index (χ0v) is 13.2. The van der Waals surface area contributed by atoms with Gasteiger partial charge in [0.15, 0.2) is 0 Å². The van der Waals surface area contributed by atoms with Crippen LogP contribution in [0.2, 0.25) is 5.02 Å². The van der Waals surface area contributed by atoms with E-state index in [1.165, 1.54) is 18.3 Å². The van der Waals surface area contributed by atoms with Crippen LogP contribution in [0.1, 0.15) is 11.3 Å². The summed E-state index contributed by atoms with van der Waals surface area (Å²) in [6.45, 7) is 0.0963. The van der Waals surface area contributed by atoms with Crippen molar-refractivity contribution in [3.63, 3.8) is 0 Å². The van der Waals surface area contributed by atoms with Gasteiger partial charge in [-0.2, -0.15) is 0 Å². The van der Waals surface area contributed by atoms with E-state index in [-0.39, 0.29) is 16.4 Å². The second-order valence-electron chi connectivity index (χ2n) is 4.16. The maximum absolute atomic E-state index is 12.1. The molecule has 3 N–H and O–H groups in total. The van der Waals surface area contributed by atoms with E-state index < -0.39 is 10.0 Å². The highest BCUT2D eigenvalue weighted by atomic mass is 35.5. The molecule has 0 aliphatic heterocycles. The third-order valence-corrected chi connectivity index (χ3v) is 4.67. The van der Waals surface area contributed by atoms with Crippen LogP contribution in [0.15, 0.2) is 47.5 Å². The Bertz CT molecular complexity index is 761. The van der Waals surface area contributed by atoms with E-state index in [1.54, 1.807) is 24.3 Å². The lowest BCUT2D eigenvalue weighted by atomic mass is 10.2. The van der Waals surface area contributed by atoms with Crippen molar-refractivity contribution in [1.82, 2.24) is 9.71 Å². The van der Waals surface area contributed by atoms with Crippen molar-refractivity contribution in [1.29, 1.82) is 0 Å². The van der Waals surface area contributed by atoms with Gasteiger partial charge in [0, 0.05) is 17.8 Å². The van der Waals surface area contributed by atoms with Crippen molar-refractivity contribution in [2.24, 2.45) is 5.73 Å².